The van der Waals surface area contributed by atoms with E-state index in [0.29, 0.717) is 13.1 Å². The molecule has 0 saturated carbocycles. The minimum absolute atomic E-state index is 0.0327. The molecule has 7 heteroatoms. The summed E-state index contributed by atoms with van der Waals surface area (Å²) in [6.07, 6.45) is 3.87. The molecular formula is C21H21N5O2. The number of pyridine rings is 1. The van der Waals surface area contributed by atoms with Gasteiger partial charge in [-0.3, -0.25) is 19.3 Å². The van der Waals surface area contributed by atoms with Crippen molar-refractivity contribution < 1.29 is 9.59 Å². The molecule has 7 nitrogen and oxygen atoms in total. The van der Waals surface area contributed by atoms with Crippen LogP contribution in [0.2, 0.25) is 0 Å². The van der Waals surface area contributed by atoms with Crippen LogP contribution in [-0.2, 0) is 17.9 Å². The number of rotatable bonds is 5. The van der Waals surface area contributed by atoms with E-state index >= 15 is 0 Å². The molecule has 1 aromatic carbocycles. The van der Waals surface area contributed by atoms with Crippen molar-refractivity contribution in [1.82, 2.24) is 19.7 Å². The average molecular weight is 375 g/mol. The number of carbonyl (C=O) groups excluding carboxylic acids is 2. The van der Waals surface area contributed by atoms with Crippen molar-refractivity contribution >= 4 is 11.8 Å². The fourth-order valence-electron chi connectivity index (χ4n) is 3.45. The van der Waals surface area contributed by atoms with Crippen molar-refractivity contribution in [2.45, 2.75) is 26.4 Å². The maximum Gasteiger partial charge on any atom is 0.254 e. The fourth-order valence-corrected chi connectivity index (χ4v) is 3.45. The Kier molecular flexibility index (Phi) is 4.43. The normalized spacial score (nSPS) is 13.1. The van der Waals surface area contributed by atoms with Gasteiger partial charge >= 0.3 is 0 Å². The fraction of sp³-hybridized carbons (Fsp3) is 0.238. The molecule has 4 rings (SSSR count). The molecule has 0 unspecified atom stereocenters. The molecule has 2 N–H and O–H groups in total. The third-order valence-electron chi connectivity index (χ3n) is 4.93. The van der Waals surface area contributed by atoms with Crippen LogP contribution in [0, 0.1) is 6.92 Å². The Morgan fingerprint density at radius 1 is 1.18 bits per heavy atom. The molecule has 0 saturated heterocycles. The molecule has 2 aromatic heterocycles. The minimum Gasteiger partial charge on any atom is -0.370 e. The SMILES string of the molecule is Cc1ccc(-c2cnn(CCC(N)=O)c2)c(-c2ccc3c(c2)C(=O)N(C)C3)n1. The number of hydrogen-bond acceptors (Lipinski definition) is 4. The van der Waals surface area contributed by atoms with E-state index < -0.39 is 0 Å². The summed E-state index contributed by atoms with van der Waals surface area (Å²) < 4.78 is 1.70. The van der Waals surface area contributed by atoms with Crippen molar-refractivity contribution in [2.24, 2.45) is 5.73 Å². The molecular weight excluding hydrogens is 354 g/mol. The number of primary amides is 1. The predicted octanol–water partition coefficient (Wildman–Crippen LogP) is 2.38. The lowest BCUT2D eigenvalue weighted by atomic mass is 9.98. The summed E-state index contributed by atoms with van der Waals surface area (Å²) in [5, 5.41) is 4.32. The molecule has 3 aromatic rings. The lowest BCUT2D eigenvalue weighted by Gasteiger charge is -2.10. The Morgan fingerprint density at radius 3 is 2.79 bits per heavy atom. The highest BCUT2D eigenvalue weighted by molar-refractivity contribution is 5.99. The van der Waals surface area contributed by atoms with Crippen LogP contribution in [-0.4, -0.2) is 38.5 Å². The van der Waals surface area contributed by atoms with E-state index in [1.807, 2.05) is 43.5 Å². The van der Waals surface area contributed by atoms with Crippen LogP contribution in [0.5, 0.6) is 0 Å². The summed E-state index contributed by atoms with van der Waals surface area (Å²) in [5.41, 5.74) is 11.4. The van der Waals surface area contributed by atoms with Crippen LogP contribution in [0.15, 0.2) is 42.7 Å². The molecule has 0 aliphatic carbocycles. The predicted molar refractivity (Wildman–Crippen MR) is 105 cm³/mol. The highest BCUT2D eigenvalue weighted by Gasteiger charge is 2.25. The van der Waals surface area contributed by atoms with E-state index in [4.69, 9.17) is 10.7 Å². The molecule has 1 aliphatic rings. The summed E-state index contributed by atoms with van der Waals surface area (Å²) >= 11 is 0. The van der Waals surface area contributed by atoms with Gasteiger partial charge in [0.05, 0.1) is 11.9 Å². The van der Waals surface area contributed by atoms with Gasteiger partial charge in [0.2, 0.25) is 5.91 Å². The third kappa shape index (κ3) is 3.26. The van der Waals surface area contributed by atoms with Crippen molar-refractivity contribution in [2.75, 3.05) is 7.05 Å². The number of nitrogens with two attached hydrogens (primary N) is 1. The first kappa shape index (κ1) is 17.9. The molecule has 28 heavy (non-hydrogen) atoms. The first-order valence-electron chi connectivity index (χ1n) is 9.10. The minimum atomic E-state index is -0.359. The van der Waals surface area contributed by atoms with Crippen LogP contribution < -0.4 is 5.73 Å². The van der Waals surface area contributed by atoms with Gasteiger partial charge in [-0.05, 0) is 24.6 Å². The van der Waals surface area contributed by atoms with Crippen LogP contribution in [0.25, 0.3) is 22.4 Å². The molecule has 3 heterocycles. The molecule has 0 spiro atoms. The topological polar surface area (TPSA) is 94.1 Å². The van der Waals surface area contributed by atoms with Gasteiger partial charge in [0, 0.05) is 60.7 Å². The van der Waals surface area contributed by atoms with Gasteiger partial charge in [0.25, 0.3) is 5.91 Å². The Hall–Kier alpha value is -3.48. The van der Waals surface area contributed by atoms with Crippen molar-refractivity contribution in [1.29, 1.82) is 0 Å². The van der Waals surface area contributed by atoms with E-state index in [1.54, 1.807) is 22.8 Å². The quantitative estimate of drug-likeness (QED) is 0.741. The molecule has 0 radical (unpaired) electrons. The Labute approximate surface area is 162 Å². The maximum atomic E-state index is 12.4. The second-order valence-electron chi connectivity index (χ2n) is 7.09. The number of aryl methyl sites for hydroxylation is 2. The van der Waals surface area contributed by atoms with Gasteiger partial charge in [0.1, 0.15) is 0 Å². The number of aromatic nitrogens is 3. The Bertz CT molecular complexity index is 1090. The highest BCUT2D eigenvalue weighted by Crippen LogP contribution is 2.33. The maximum absolute atomic E-state index is 12.4. The largest absolute Gasteiger partial charge is 0.370 e. The van der Waals surface area contributed by atoms with Crippen molar-refractivity contribution in [3.05, 3.63) is 59.5 Å². The number of nitrogens with zero attached hydrogens (tertiary/aromatic N) is 4. The van der Waals surface area contributed by atoms with E-state index in [0.717, 1.165) is 39.2 Å². The molecule has 1 aliphatic heterocycles. The van der Waals surface area contributed by atoms with Crippen LogP contribution in [0.4, 0.5) is 0 Å². The zero-order valence-electron chi connectivity index (χ0n) is 15.8. The van der Waals surface area contributed by atoms with E-state index in [1.165, 1.54) is 0 Å². The smallest absolute Gasteiger partial charge is 0.254 e. The molecule has 0 bridgehead atoms. The summed E-state index contributed by atoms with van der Waals surface area (Å²) in [4.78, 5) is 29.8. The number of carbonyl (C=O) groups is 2. The van der Waals surface area contributed by atoms with E-state index in [9.17, 15) is 9.59 Å². The van der Waals surface area contributed by atoms with Gasteiger partial charge < -0.3 is 10.6 Å². The molecule has 142 valence electrons. The van der Waals surface area contributed by atoms with Crippen LogP contribution >= 0.6 is 0 Å². The summed E-state index contributed by atoms with van der Waals surface area (Å²) in [6.45, 7) is 3.01. The average Bonchev–Trinajstić information content (AvgIpc) is 3.25. The van der Waals surface area contributed by atoms with Gasteiger partial charge in [0.15, 0.2) is 0 Å². The molecule has 0 fully saturated rings. The van der Waals surface area contributed by atoms with Gasteiger partial charge in [-0.25, -0.2) is 0 Å². The Morgan fingerprint density at radius 2 is 2.00 bits per heavy atom. The lowest BCUT2D eigenvalue weighted by Crippen LogP contribution is -2.17. The number of fused-ring (bicyclic) bond motifs is 1. The highest BCUT2D eigenvalue weighted by atomic mass is 16.2. The van der Waals surface area contributed by atoms with Crippen molar-refractivity contribution in [3.8, 4) is 22.4 Å². The lowest BCUT2D eigenvalue weighted by molar-refractivity contribution is -0.118. The first-order valence-corrected chi connectivity index (χ1v) is 9.10. The second-order valence-corrected chi connectivity index (χ2v) is 7.09. The number of hydrogen-bond donors (Lipinski definition) is 1. The van der Waals surface area contributed by atoms with E-state index in [2.05, 4.69) is 5.10 Å². The van der Waals surface area contributed by atoms with Gasteiger partial charge in [-0.15, -0.1) is 0 Å². The summed E-state index contributed by atoms with van der Waals surface area (Å²) in [7, 11) is 1.80. The standard InChI is InChI=1S/C21H21N5O2/c1-13-3-6-17(16-10-23-26(12-16)8-7-19(22)27)20(24-13)14-4-5-15-11-25(2)21(28)18(15)9-14/h3-6,9-10,12H,7-8,11H2,1-2H3,(H2,22,27). The number of benzene rings is 1. The molecule has 0 atom stereocenters. The number of amides is 2. The molecule has 2 amide bonds. The second kappa shape index (κ2) is 6.92. The first-order chi connectivity index (χ1) is 13.4. The van der Waals surface area contributed by atoms with Crippen LogP contribution in [0.3, 0.4) is 0 Å². The zero-order valence-corrected chi connectivity index (χ0v) is 15.8. The Balaban J connectivity index is 1.75. The monoisotopic (exact) mass is 375 g/mol. The third-order valence-corrected chi connectivity index (χ3v) is 4.93. The zero-order chi connectivity index (χ0) is 19.8. The van der Waals surface area contributed by atoms with Gasteiger partial charge in [-0.2, -0.15) is 5.10 Å². The van der Waals surface area contributed by atoms with Gasteiger partial charge in [-0.1, -0.05) is 18.2 Å². The van der Waals surface area contributed by atoms with Crippen LogP contribution in [0.1, 0.15) is 28.0 Å². The summed E-state index contributed by atoms with van der Waals surface area (Å²) in [5.74, 6) is -0.326. The summed E-state index contributed by atoms with van der Waals surface area (Å²) in [6, 6.07) is 9.88. The van der Waals surface area contributed by atoms with E-state index in [-0.39, 0.29) is 18.2 Å². The van der Waals surface area contributed by atoms with Crippen molar-refractivity contribution in [3.63, 3.8) is 0 Å².